The number of rotatable bonds is 5. The predicted octanol–water partition coefficient (Wildman–Crippen LogP) is 0.899. The molecule has 0 aromatic carbocycles. The maximum absolute atomic E-state index is 12.2. The average Bonchev–Trinajstić information content (AvgIpc) is 2.45. The lowest BCUT2D eigenvalue weighted by Crippen LogP contribution is -2.27. The third kappa shape index (κ3) is 3.74. The molecular weight excluding hydrogens is 278 g/mol. The van der Waals surface area contributed by atoms with Crippen molar-refractivity contribution < 1.29 is 9.53 Å². The fourth-order valence-corrected chi connectivity index (χ4v) is 2.41. The molecule has 2 heterocycles. The summed E-state index contributed by atoms with van der Waals surface area (Å²) < 4.78 is 6.13. The van der Waals surface area contributed by atoms with Gasteiger partial charge in [0.2, 0.25) is 0 Å². The van der Waals surface area contributed by atoms with Crippen molar-refractivity contribution in [2.45, 2.75) is 18.5 Å². The van der Waals surface area contributed by atoms with Crippen LogP contribution in [-0.4, -0.2) is 28.7 Å². The fourth-order valence-electron chi connectivity index (χ4n) is 1.58. The van der Waals surface area contributed by atoms with Crippen LogP contribution in [0.15, 0.2) is 45.5 Å². The number of esters is 1. The molecule has 0 bridgehead atoms. The van der Waals surface area contributed by atoms with Crippen LogP contribution in [0, 0.1) is 0 Å². The number of allylic oxidation sites excluding steroid dienone is 2. The molecule has 0 unspecified atom stereocenters. The number of aromatic nitrogens is 2. The lowest BCUT2D eigenvalue weighted by atomic mass is 10.4. The number of carbonyl (C=O) groups excluding carboxylic acids is 1. The molecule has 2 rings (SSSR count). The first-order chi connectivity index (χ1) is 9.70. The molecule has 1 aromatic rings. The van der Waals surface area contributed by atoms with E-state index in [1.54, 1.807) is 6.92 Å². The minimum Gasteiger partial charge on any atom is -0.465 e. The third-order valence-corrected chi connectivity index (χ3v) is 3.45. The Morgan fingerprint density at radius 3 is 3.15 bits per heavy atom. The smallest absolute Gasteiger partial charge is 0.326 e. The number of hydrogen-bond donors (Lipinski definition) is 1. The van der Waals surface area contributed by atoms with E-state index in [4.69, 9.17) is 4.74 Å². The topological polar surface area (TPSA) is 73.2 Å². The largest absolute Gasteiger partial charge is 0.465 e. The third-order valence-electron chi connectivity index (χ3n) is 2.47. The van der Waals surface area contributed by atoms with Crippen molar-refractivity contribution in [1.82, 2.24) is 14.9 Å². The monoisotopic (exact) mass is 293 g/mol. The SMILES string of the molecule is CCOC(=O)Cn1ccnc(SC2=CC=CCN2)c1=O. The van der Waals surface area contributed by atoms with Crippen LogP contribution in [0.3, 0.4) is 0 Å². The summed E-state index contributed by atoms with van der Waals surface area (Å²) in [5.41, 5.74) is -0.303. The number of ether oxygens (including phenoxy) is 1. The van der Waals surface area contributed by atoms with Gasteiger partial charge in [-0.25, -0.2) is 4.98 Å². The summed E-state index contributed by atoms with van der Waals surface area (Å²) in [6.07, 6.45) is 8.74. The molecule has 1 aliphatic rings. The first-order valence-corrected chi connectivity index (χ1v) is 7.02. The molecule has 0 aliphatic carbocycles. The highest BCUT2D eigenvalue weighted by atomic mass is 32.2. The zero-order valence-corrected chi connectivity index (χ0v) is 11.9. The van der Waals surface area contributed by atoms with Gasteiger partial charge in [-0.15, -0.1) is 0 Å². The fraction of sp³-hybridized carbons (Fsp3) is 0.308. The minimum atomic E-state index is -0.435. The number of hydrogen-bond acceptors (Lipinski definition) is 6. The van der Waals surface area contributed by atoms with Gasteiger partial charge in [-0.2, -0.15) is 0 Å². The highest BCUT2D eigenvalue weighted by molar-refractivity contribution is 8.03. The Kier molecular flexibility index (Phi) is 5.00. The van der Waals surface area contributed by atoms with Crippen LogP contribution in [0.5, 0.6) is 0 Å². The van der Waals surface area contributed by atoms with Crippen molar-refractivity contribution in [3.05, 3.63) is 46.0 Å². The van der Waals surface area contributed by atoms with Gasteiger partial charge in [-0.1, -0.05) is 12.2 Å². The summed E-state index contributed by atoms with van der Waals surface area (Å²) in [6, 6.07) is 0. The van der Waals surface area contributed by atoms with Gasteiger partial charge in [0.05, 0.1) is 11.6 Å². The van der Waals surface area contributed by atoms with E-state index in [2.05, 4.69) is 10.3 Å². The van der Waals surface area contributed by atoms with Crippen LogP contribution in [0.1, 0.15) is 6.92 Å². The van der Waals surface area contributed by atoms with Crippen LogP contribution in [0.2, 0.25) is 0 Å². The van der Waals surface area contributed by atoms with Gasteiger partial charge in [0, 0.05) is 18.9 Å². The van der Waals surface area contributed by atoms with Gasteiger partial charge < -0.3 is 14.6 Å². The molecule has 0 radical (unpaired) electrons. The van der Waals surface area contributed by atoms with Crippen LogP contribution >= 0.6 is 11.8 Å². The van der Waals surface area contributed by atoms with E-state index in [0.717, 1.165) is 11.6 Å². The maximum atomic E-state index is 12.2. The molecule has 1 aliphatic heterocycles. The summed E-state index contributed by atoms with van der Waals surface area (Å²) in [7, 11) is 0. The lowest BCUT2D eigenvalue weighted by Gasteiger charge is -2.11. The second kappa shape index (κ2) is 6.95. The summed E-state index contributed by atoms with van der Waals surface area (Å²) >= 11 is 1.25. The molecular formula is C13H15N3O3S. The molecule has 1 N–H and O–H groups in total. The minimum absolute atomic E-state index is 0.102. The molecule has 0 saturated heterocycles. The van der Waals surface area contributed by atoms with Crippen molar-refractivity contribution in [3.8, 4) is 0 Å². The predicted molar refractivity (Wildman–Crippen MR) is 76.2 cm³/mol. The molecule has 6 nitrogen and oxygen atoms in total. The standard InChI is InChI=1S/C13H15N3O3S/c1-2-19-11(17)9-16-8-7-15-12(13(16)18)20-10-5-3-4-6-14-10/h3-5,7-8,14H,2,6,9H2,1H3. The molecule has 0 saturated carbocycles. The Labute approximate surface area is 120 Å². The average molecular weight is 293 g/mol. The highest BCUT2D eigenvalue weighted by Crippen LogP contribution is 2.20. The quantitative estimate of drug-likeness (QED) is 0.813. The van der Waals surface area contributed by atoms with E-state index in [-0.39, 0.29) is 12.1 Å². The van der Waals surface area contributed by atoms with Crippen molar-refractivity contribution >= 4 is 17.7 Å². The van der Waals surface area contributed by atoms with Crippen LogP contribution < -0.4 is 10.9 Å². The highest BCUT2D eigenvalue weighted by Gasteiger charge is 2.11. The van der Waals surface area contributed by atoms with Crippen LogP contribution in [-0.2, 0) is 16.1 Å². The Morgan fingerprint density at radius 1 is 1.60 bits per heavy atom. The van der Waals surface area contributed by atoms with Gasteiger partial charge in [0.15, 0.2) is 5.03 Å². The molecule has 106 valence electrons. The maximum Gasteiger partial charge on any atom is 0.326 e. The Morgan fingerprint density at radius 2 is 2.45 bits per heavy atom. The van der Waals surface area contributed by atoms with E-state index in [0.29, 0.717) is 11.6 Å². The normalized spacial score (nSPS) is 13.6. The van der Waals surface area contributed by atoms with E-state index in [1.165, 1.54) is 28.7 Å². The van der Waals surface area contributed by atoms with E-state index < -0.39 is 5.97 Å². The first kappa shape index (κ1) is 14.4. The summed E-state index contributed by atoms with van der Waals surface area (Å²) in [5, 5.41) is 4.31. The van der Waals surface area contributed by atoms with Gasteiger partial charge in [-0.3, -0.25) is 9.59 Å². The van der Waals surface area contributed by atoms with Crippen molar-refractivity contribution in [1.29, 1.82) is 0 Å². The Hall–Kier alpha value is -2.02. The Bertz CT molecular complexity index is 607. The van der Waals surface area contributed by atoms with Gasteiger partial charge in [0.1, 0.15) is 6.54 Å². The van der Waals surface area contributed by atoms with Crippen molar-refractivity contribution in [3.63, 3.8) is 0 Å². The van der Waals surface area contributed by atoms with Crippen molar-refractivity contribution in [2.75, 3.05) is 13.2 Å². The molecule has 0 amide bonds. The number of dihydropyridines is 1. The summed E-state index contributed by atoms with van der Waals surface area (Å²) in [4.78, 5) is 27.7. The van der Waals surface area contributed by atoms with Gasteiger partial charge in [0.25, 0.3) is 5.56 Å². The Balaban J connectivity index is 2.15. The van der Waals surface area contributed by atoms with E-state index in [1.807, 2.05) is 18.2 Å². The zero-order valence-electron chi connectivity index (χ0n) is 11.0. The molecule has 0 spiro atoms. The second-order valence-corrected chi connectivity index (χ2v) is 4.94. The van der Waals surface area contributed by atoms with E-state index >= 15 is 0 Å². The number of nitrogens with one attached hydrogen (secondary N) is 1. The number of nitrogens with zero attached hydrogens (tertiary/aromatic N) is 2. The summed E-state index contributed by atoms with van der Waals surface area (Å²) in [5.74, 6) is -0.435. The van der Waals surface area contributed by atoms with E-state index in [9.17, 15) is 9.59 Å². The van der Waals surface area contributed by atoms with Gasteiger partial charge in [-0.05, 0) is 24.8 Å². The first-order valence-electron chi connectivity index (χ1n) is 6.20. The second-order valence-electron chi connectivity index (χ2n) is 3.91. The number of carbonyl (C=O) groups is 1. The molecule has 0 atom stereocenters. The van der Waals surface area contributed by atoms with Gasteiger partial charge >= 0.3 is 5.97 Å². The molecule has 7 heteroatoms. The lowest BCUT2D eigenvalue weighted by molar-refractivity contribution is -0.143. The molecule has 0 fully saturated rings. The van der Waals surface area contributed by atoms with Crippen molar-refractivity contribution in [2.24, 2.45) is 0 Å². The van der Waals surface area contributed by atoms with Crippen LogP contribution in [0.25, 0.3) is 0 Å². The van der Waals surface area contributed by atoms with Crippen LogP contribution in [0.4, 0.5) is 0 Å². The molecule has 1 aromatic heterocycles. The molecule has 20 heavy (non-hydrogen) atoms. The zero-order chi connectivity index (χ0) is 14.4. The number of thioether (sulfide) groups is 1. The summed E-state index contributed by atoms with van der Waals surface area (Å²) in [6.45, 7) is 2.64.